The summed E-state index contributed by atoms with van der Waals surface area (Å²) in [6.45, 7) is 21.4. The number of hydrogen-bond acceptors (Lipinski definition) is 3. The number of hydrogen-bond donors (Lipinski definition) is 0. The zero-order chi connectivity index (χ0) is 43.8. The van der Waals surface area contributed by atoms with Gasteiger partial charge >= 0.3 is 0 Å². The molecule has 0 bridgehead atoms. The molecule has 0 atom stereocenters. The second-order valence-electron chi connectivity index (χ2n) is 20.6. The first kappa shape index (κ1) is 41.9. The molecule has 6 aromatic carbocycles. The average Bonchev–Trinajstić information content (AvgIpc) is 3.73. The van der Waals surface area contributed by atoms with Crippen LogP contribution in [-0.2, 0) is 30.1 Å². The minimum absolute atomic E-state index is 0.109. The molecule has 1 aromatic heterocycles. The quantitative estimate of drug-likeness (QED) is 0.113. The Bertz CT molecular complexity index is 2880. The molecule has 0 spiro atoms. The van der Waals surface area contributed by atoms with Gasteiger partial charge in [0.2, 0.25) is 0 Å². The normalized spacial score (nSPS) is 15.4. The van der Waals surface area contributed by atoms with Crippen molar-refractivity contribution in [3.63, 3.8) is 0 Å². The second-order valence-corrected chi connectivity index (χ2v) is 21.6. The van der Waals surface area contributed by atoms with Crippen molar-refractivity contribution in [1.29, 1.82) is 0 Å². The maximum atomic E-state index is 2.73. The number of thiophene rings is 1. The zero-order valence-corrected chi connectivity index (χ0v) is 40.2. The third kappa shape index (κ3) is 7.16. The Balaban J connectivity index is 1.27. The topological polar surface area (TPSA) is 6.48 Å². The molecule has 7 aromatic rings. The van der Waals surface area contributed by atoms with Gasteiger partial charge < -0.3 is 9.80 Å². The standard InChI is InChI=1S/C59H65BN2S/c1-10-13-16-40-20-25-44(26-21-40)61-51-28-19-38(4)31-49(51)60-55-52(61)32-39(5)33-53(55)62(56-46-35-42(18-15-12-3)23-30-54(46)63-57(56)60)50-29-22-41(17-14-11-2)34-45(50)43-24-27-47-48(36-43)59(8,9)37-58(47,6)7/h19-36H,10-18,37H2,1-9H3. The highest BCUT2D eigenvalue weighted by Crippen LogP contribution is 2.53. The molecule has 0 N–H and O–H groups in total. The van der Waals surface area contributed by atoms with E-state index in [2.05, 4.69) is 181 Å². The van der Waals surface area contributed by atoms with E-state index in [-0.39, 0.29) is 17.5 Å². The van der Waals surface area contributed by atoms with Gasteiger partial charge in [0.1, 0.15) is 0 Å². The van der Waals surface area contributed by atoms with Gasteiger partial charge in [-0.05, 0) is 174 Å². The molecule has 3 aliphatic rings. The van der Waals surface area contributed by atoms with Crippen LogP contribution in [0.25, 0.3) is 21.2 Å². The van der Waals surface area contributed by atoms with Gasteiger partial charge in [0.05, 0.1) is 11.4 Å². The zero-order valence-electron chi connectivity index (χ0n) is 39.3. The fraction of sp³-hybridized carbons (Fsp3) is 0.356. The highest BCUT2D eigenvalue weighted by Gasteiger charge is 2.46. The molecular weight excluding hydrogens is 780 g/mol. The summed E-state index contributed by atoms with van der Waals surface area (Å²) in [6.07, 6.45) is 11.7. The van der Waals surface area contributed by atoms with E-state index in [0.29, 0.717) is 0 Å². The highest BCUT2D eigenvalue weighted by molar-refractivity contribution is 7.33. The monoisotopic (exact) mass is 844 g/mol. The van der Waals surface area contributed by atoms with Crippen LogP contribution in [0.4, 0.5) is 34.1 Å². The molecule has 0 amide bonds. The molecule has 10 rings (SSSR count). The Morgan fingerprint density at radius 2 is 1.17 bits per heavy atom. The van der Waals surface area contributed by atoms with Gasteiger partial charge in [-0.15, -0.1) is 11.3 Å². The molecule has 0 radical (unpaired) electrons. The molecule has 2 nitrogen and oxygen atoms in total. The first-order valence-electron chi connectivity index (χ1n) is 24.2. The van der Waals surface area contributed by atoms with Crippen molar-refractivity contribution in [3.05, 3.63) is 148 Å². The Kier molecular flexibility index (Phi) is 10.8. The van der Waals surface area contributed by atoms with E-state index in [1.54, 1.807) is 0 Å². The van der Waals surface area contributed by atoms with Crippen LogP contribution in [0.5, 0.6) is 0 Å². The van der Waals surface area contributed by atoms with E-state index in [1.165, 1.54) is 149 Å². The van der Waals surface area contributed by atoms with Gasteiger partial charge in [-0.25, -0.2) is 0 Å². The molecule has 3 heterocycles. The van der Waals surface area contributed by atoms with Crippen molar-refractivity contribution >= 4 is 78.0 Å². The maximum Gasteiger partial charge on any atom is 0.264 e. The molecule has 63 heavy (non-hydrogen) atoms. The van der Waals surface area contributed by atoms with Gasteiger partial charge in [0.15, 0.2) is 0 Å². The first-order chi connectivity index (χ1) is 30.4. The van der Waals surface area contributed by atoms with Crippen LogP contribution in [0.1, 0.15) is 132 Å². The summed E-state index contributed by atoms with van der Waals surface area (Å²) in [6, 6.07) is 44.0. The van der Waals surface area contributed by atoms with Crippen molar-refractivity contribution < 1.29 is 0 Å². The van der Waals surface area contributed by atoms with E-state index in [4.69, 9.17) is 0 Å². The Morgan fingerprint density at radius 3 is 1.89 bits per heavy atom. The summed E-state index contributed by atoms with van der Waals surface area (Å²) >= 11 is 2.02. The van der Waals surface area contributed by atoms with E-state index in [0.717, 1.165) is 25.7 Å². The Hall–Kier alpha value is -5.06. The highest BCUT2D eigenvalue weighted by atomic mass is 32.1. The number of rotatable bonds is 12. The van der Waals surface area contributed by atoms with Crippen molar-refractivity contribution in [3.8, 4) is 11.1 Å². The van der Waals surface area contributed by atoms with Crippen LogP contribution in [0.15, 0.2) is 109 Å². The molecule has 0 saturated carbocycles. The minimum Gasteiger partial charge on any atom is -0.311 e. The summed E-state index contributed by atoms with van der Waals surface area (Å²) in [7, 11) is 0. The predicted octanol–water partition coefficient (Wildman–Crippen LogP) is 15.3. The van der Waals surface area contributed by atoms with Crippen LogP contribution in [0.2, 0.25) is 0 Å². The van der Waals surface area contributed by atoms with Crippen molar-refractivity contribution in [2.75, 3.05) is 9.80 Å². The summed E-state index contributed by atoms with van der Waals surface area (Å²) in [5.41, 5.74) is 23.4. The number of nitrogens with zero attached hydrogens (tertiary/aromatic N) is 2. The number of fused-ring (bicyclic) bond motifs is 7. The molecule has 0 saturated heterocycles. The fourth-order valence-electron chi connectivity index (χ4n) is 11.7. The lowest BCUT2D eigenvalue weighted by atomic mass is 9.36. The predicted molar refractivity (Wildman–Crippen MR) is 277 cm³/mol. The summed E-state index contributed by atoms with van der Waals surface area (Å²) in [5.74, 6) is 0. The molecular formula is C59H65BN2S. The lowest BCUT2D eigenvalue weighted by Gasteiger charge is -2.44. The lowest BCUT2D eigenvalue weighted by molar-refractivity contribution is 0.403. The van der Waals surface area contributed by atoms with Gasteiger partial charge in [0.25, 0.3) is 6.71 Å². The molecule has 0 fully saturated rings. The molecule has 4 heteroatoms. The minimum atomic E-state index is 0.109. The van der Waals surface area contributed by atoms with Crippen LogP contribution in [-0.4, -0.2) is 6.71 Å². The third-order valence-corrected chi connectivity index (χ3v) is 15.9. The van der Waals surface area contributed by atoms with Crippen LogP contribution in [0.3, 0.4) is 0 Å². The van der Waals surface area contributed by atoms with Gasteiger partial charge in [-0.2, -0.15) is 0 Å². The van der Waals surface area contributed by atoms with Crippen molar-refractivity contribution in [1.82, 2.24) is 0 Å². The molecule has 2 aliphatic heterocycles. The summed E-state index contributed by atoms with van der Waals surface area (Å²) in [5, 5.41) is 1.38. The van der Waals surface area contributed by atoms with Crippen LogP contribution in [0, 0.1) is 13.8 Å². The smallest absolute Gasteiger partial charge is 0.264 e. The lowest BCUT2D eigenvalue weighted by Crippen LogP contribution is -2.60. The average molecular weight is 845 g/mol. The van der Waals surface area contributed by atoms with Crippen molar-refractivity contribution in [2.24, 2.45) is 0 Å². The summed E-state index contributed by atoms with van der Waals surface area (Å²) in [4.78, 5) is 5.31. The Labute approximate surface area is 382 Å². The number of unbranched alkanes of at least 4 members (excludes halogenated alkanes) is 3. The number of benzene rings is 6. The third-order valence-electron chi connectivity index (χ3n) is 14.7. The second kappa shape index (κ2) is 16.2. The van der Waals surface area contributed by atoms with Gasteiger partial charge in [-0.1, -0.05) is 128 Å². The fourth-order valence-corrected chi connectivity index (χ4v) is 13.0. The van der Waals surface area contributed by atoms with E-state index < -0.39 is 0 Å². The number of aryl methyl sites for hydroxylation is 5. The van der Waals surface area contributed by atoms with Crippen LogP contribution >= 0.6 is 11.3 Å². The van der Waals surface area contributed by atoms with E-state index in [1.807, 2.05) is 11.3 Å². The van der Waals surface area contributed by atoms with Gasteiger partial charge in [0, 0.05) is 43.2 Å². The molecule has 1 aliphatic carbocycles. The number of anilines is 6. The maximum absolute atomic E-state index is 2.73. The summed E-state index contributed by atoms with van der Waals surface area (Å²) < 4.78 is 2.83. The SMILES string of the molecule is CCCCc1ccc(N2c3ccc(C)cc3B3c4sc5ccc(CCCC)cc5c4N(c4ccc(CCCC)cc4-c4ccc5c(c4)C(C)(C)CC5(C)C)c4cc(C)cc2c43)cc1. The largest absolute Gasteiger partial charge is 0.311 e. The van der Waals surface area contributed by atoms with E-state index >= 15 is 0 Å². The Morgan fingerprint density at radius 1 is 0.556 bits per heavy atom. The van der Waals surface area contributed by atoms with Crippen LogP contribution < -0.4 is 25.5 Å². The van der Waals surface area contributed by atoms with Crippen molar-refractivity contribution in [2.45, 2.75) is 137 Å². The van der Waals surface area contributed by atoms with Gasteiger partial charge in [-0.3, -0.25) is 0 Å². The first-order valence-corrected chi connectivity index (χ1v) is 25.0. The van der Waals surface area contributed by atoms with E-state index in [9.17, 15) is 0 Å². The molecule has 320 valence electrons. The molecule has 0 unspecified atom stereocenters.